The molecular formula is C21H28N2O5S. The second-order valence-electron chi connectivity index (χ2n) is 7.55. The van der Waals surface area contributed by atoms with Crippen molar-refractivity contribution in [3.05, 3.63) is 53.6 Å². The van der Waals surface area contributed by atoms with Crippen LogP contribution in [0.3, 0.4) is 0 Å². The molecule has 0 spiro atoms. The van der Waals surface area contributed by atoms with Crippen LogP contribution in [0.5, 0.6) is 11.5 Å². The minimum Gasteiger partial charge on any atom is -0.506 e. The van der Waals surface area contributed by atoms with Crippen molar-refractivity contribution in [2.75, 3.05) is 30.7 Å². The summed E-state index contributed by atoms with van der Waals surface area (Å²) in [6.45, 7) is 1.31. The van der Waals surface area contributed by atoms with Crippen molar-refractivity contribution in [2.24, 2.45) is 5.92 Å². The molecule has 8 heteroatoms. The van der Waals surface area contributed by atoms with E-state index in [0.717, 1.165) is 32.1 Å². The zero-order valence-corrected chi connectivity index (χ0v) is 17.3. The number of hydrogen-bond acceptors (Lipinski definition) is 6. The van der Waals surface area contributed by atoms with Crippen molar-refractivity contribution in [1.29, 1.82) is 0 Å². The van der Waals surface area contributed by atoms with Crippen LogP contribution < -0.4 is 14.8 Å². The minimum atomic E-state index is -3.51. The molecule has 0 fully saturated rings. The second-order valence-corrected chi connectivity index (χ2v) is 9.30. The maximum Gasteiger partial charge on any atom is 0.229 e. The number of fused-ring (bicyclic) bond motifs is 1. The Morgan fingerprint density at radius 2 is 1.97 bits per heavy atom. The summed E-state index contributed by atoms with van der Waals surface area (Å²) in [6, 6.07) is 12.8. The Morgan fingerprint density at radius 1 is 1.21 bits per heavy atom. The number of aliphatic hydroxyl groups is 1. The van der Waals surface area contributed by atoms with E-state index in [2.05, 4.69) is 34.3 Å². The van der Waals surface area contributed by atoms with Crippen LogP contribution in [0.4, 0.5) is 5.69 Å². The van der Waals surface area contributed by atoms with Gasteiger partial charge in [0.25, 0.3) is 0 Å². The molecule has 0 aliphatic heterocycles. The number of hydrogen-bond donors (Lipinski definition) is 4. The molecule has 2 aromatic rings. The highest BCUT2D eigenvalue weighted by molar-refractivity contribution is 7.92. The fraction of sp³-hybridized carbons (Fsp3) is 0.429. The molecule has 2 aromatic carbocycles. The lowest BCUT2D eigenvalue weighted by atomic mass is 9.84. The average Bonchev–Trinajstić information content (AvgIpc) is 2.67. The van der Waals surface area contributed by atoms with Gasteiger partial charge in [-0.15, -0.1) is 0 Å². The van der Waals surface area contributed by atoms with E-state index in [4.69, 9.17) is 4.74 Å². The summed E-state index contributed by atoms with van der Waals surface area (Å²) in [5.74, 6) is 0.718. The highest BCUT2D eigenvalue weighted by Gasteiger charge is 2.18. The van der Waals surface area contributed by atoms with Gasteiger partial charge in [-0.05, 0) is 55.0 Å². The second kappa shape index (κ2) is 9.47. The van der Waals surface area contributed by atoms with Gasteiger partial charge >= 0.3 is 0 Å². The fourth-order valence-electron chi connectivity index (χ4n) is 3.54. The third kappa shape index (κ3) is 6.62. The molecule has 0 amide bonds. The van der Waals surface area contributed by atoms with E-state index < -0.39 is 16.1 Å². The number of rotatable bonds is 9. The Balaban J connectivity index is 1.41. The van der Waals surface area contributed by atoms with Crippen LogP contribution in [0.25, 0.3) is 0 Å². The van der Waals surface area contributed by atoms with E-state index in [1.165, 1.54) is 29.3 Å². The van der Waals surface area contributed by atoms with Crippen LogP contribution in [0.1, 0.15) is 17.5 Å². The number of sulfonamides is 1. The number of nitrogens with one attached hydrogen (secondary N) is 2. The third-order valence-corrected chi connectivity index (χ3v) is 5.56. The number of aromatic hydroxyl groups is 1. The minimum absolute atomic E-state index is 0.0372. The first kappa shape index (κ1) is 21.4. The molecule has 4 N–H and O–H groups in total. The lowest BCUT2D eigenvalue weighted by Gasteiger charge is -2.25. The zero-order valence-electron chi connectivity index (χ0n) is 16.5. The van der Waals surface area contributed by atoms with Crippen LogP contribution in [0.2, 0.25) is 0 Å². The lowest BCUT2D eigenvalue weighted by Crippen LogP contribution is -2.35. The van der Waals surface area contributed by atoms with Crippen LogP contribution in [0.15, 0.2) is 42.5 Å². The number of phenols is 1. The summed E-state index contributed by atoms with van der Waals surface area (Å²) in [5.41, 5.74) is 2.89. The molecule has 0 heterocycles. The molecule has 0 bridgehead atoms. The first-order valence-electron chi connectivity index (χ1n) is 9.69. The quantitative estimate of drug-likeness (QED) is 0.462. The maximum absolute atomic E-state index is 11.3. The van der Waals surface area contributed by atoms with Crippen LogP contribution >= 0.6 is 0 Å². The van der Waals surface area contributed by atoms with Gasteiger partial charge in [0.2, 0.25) is 10.0 Å². The van der Waals surface area contributed by atoms with Crippen molar-refractivity contribution in [2.45, 2.75) is 25.4 Å². The van der Waals surface area contributed by atoms with Gasteiger partial charge in [-0.25, -0.2) is 8.42 Å². The monoisotopic (exact) mass is 420 g/mol. The van der Waals surface area contributed by atoms with E-state index in [0.29, 0.717) is 18.2 Å². The largest absolute Gasteiger partial charge is 0.506 e. The van der Waals surface area contributed by atoms with Crippen molar-refractivity contribution < 1.29 is 23.4 Å². The molecule has 0 aromatic heterocycles. The normalized spacial score (nSPS) is 17.4. The van der Waals surface area contributed by atoms with Crippen molar-refractivity contribution in [3.8, 4) is 11.5 Å². The summed E-state index contributed by atoms with van der Waals surface area (Å²) in [7, 11) is -3.51. The predicted molar refractivity (Wildman–Crippen MR) is 113 cm³/mol. The smallest absolute Gasteiger partial charge is 0.229 e. The Hall–Kier alpha value is -2.29. The molecule has 0 saturated carbocycles. The Morgan fingerprint density at radius 3 is 2.72 bits per heavy atom. The summed E-state index contributed by atoms with van der Waals surface area (Å²) in [5, 5.41) is 23.2. The standard InChI is InChI=1S/C21H28N2O5S/c1-29(26,27)23-20-11-19(8-9-21(20)25)28-14-18(24)13-22-12-15-6-7-16-4-2-3-5-17(16)10-15/h2-5,8-9,11,15,18,22-25H,6-7,10,12-14H2,1H3/t15?,18-/m0/s1. The van der Waals surface area contributed by atoms with E-state index in [9.17, 15) is 18.6 Å². The van der Waals surface area contributed by atoms with Gasteiger partial charge in [0.05, 0.1) is 11.9 Å². The average molecular weight is 421 g/mol. The Bertz CT molecular complexity index is 932. The van der Waals surface area contributed by atoms with Crippen LogP contribution in [-0.4, -0.2) is 50.7 Å². The van der Waals surface area contributed by atoms with Crippen LogP contribution in [-0.2, 0) is 22.9 Å². The van der Waals surface area contributed by atoms with Gasteiger partial charge < -0.3 is 20.3 Å². The molecule has 1 aliphatic rings. The molecule has 3 rings (SSSR count). The molecule has 158 valence electrons. The van der Waals surface area contributed by atoms with Gasteiger partial charge in [0, 0.05) is 12.6 Å². The number of anilines is 1. The number of ether oxygens (including phenoxy) is 1. The molecule has 0 saturated heterocycles. The van der Waals surface area contributed by atoms with Crippen molar-refractivity contribution in [3.63, 3.8) is 0 Å². The molecule has 1 aliphatic carbocycles. The van der Waals surface area contributed by atoms with E-state index in [1.54, 1.807) is 0 Å². The number of benzene rings is 2. The third-order valence-electron chi connectivity index (χ3n) is 4.97. The fourth-order valence-corrected chi connectivity index (χ4v) is 4.10. The van der Waals surface area contributed by atoms with Gasteiger partial charge in [-0.3, -0.25) is 4.72 Å². The first-order chi connectivity index (χ1) is 13.8. The van der Waals surface area contributed by atoms with E-state index in [1.807, 2.05) is 0 Å². The van der Waals surface area contributed by atoms with Gasteiger partial charge in [-0.1, -0.05) is 24.3 Å². The topological polar surface area (TPSA) is 108 Å². The molecule has 2 atom stereocenters. The van der Waals surface area contributed by atoms with E-state index >= 15 is 0 Å². The maximum atomic E-state index is 11.3. The highest BCUT2D eigenvalue weighted by Crippen LogP contribution is 2.29. The highest BCUT2D eigenvalue weighted by atomic mass is 32.2. The summed E-state index contributed by atoms with van der Waals surface area (Å²) < 4.78 is 30.4. The number of aryl methyl sites for hydroxylation is 1. The van der Waals surface area contributed by atoms with Crippen molar-refractivity contribution in [1.82, 2.24) is 5.32 Å². The van der Waals surface area contributed by atoms with Crippen LogP contribution in [0, 0.1) is 5.92 Å². The van der Waals surface area contributed by atoms with Gasteiger partial charge in [-0.2, -0.15) is 0 Å². The SMILES string of the molecule is CS(=O)(=O)Nc1cc(OC[C@@H](O)CNCC2CCc3ccccc3C2)ccc1O. The summed E-state index contributed by atoms with van der Waals surface area (Å²) >= 11 is 0. The van der Waals surface area contributed by atoms with Gasteiger partial charge in [0.1, 0.15) is 24.2 Å². The predicted octanol–water partition coefficient (Wildman–Crippen LogP) is 1.90. The molecule has 29 heavy (non-hydrogen) atoms. The molecule has 1 unspecified atom stereocenters. The van der Waals surface area contributed by atoms with Gasteiger partial charge in [0.15, 0.2) is 0 Å². The molecule has 7 nitrogen and oxygen atoms in total. The summed E-state index contributed by atoms with van der Waals surface area (Å²) in [4.78, 5) is 0. The zero-order chi connectivity index (χ0) is 20.9. The first-order valence-corrected chi connectivity index (χ1v) is 11.6. The van der Waals surface area contributed by atoms with Crippen molar-refractivity contribution >= 4 is 15.7 Å². The Kier molecular flexibility index (Phi) is 7.00. The summed E-state index contributed by atoms with van der Waals surface area (Å²) in [6.07, 6.45) is 3.59. The number of phenolic OH excluding ortho intramolecular Hbond substituents is 1. The van der Waals surface area contributed by atoms with E-state index in [-0.39, 0.29) is 18.0 Å². The lowest BCUT2D eigenvalue weighted by molar-refractivity contribution is 0.105. The molecule has 0 radical (unpaired) electrons. The molecular weight excluding hydrogens is 392 g/mol. The number of aliphatic hydroxyl groups excluding tert-OH is 1. The Labute approximate surface area is 171 Å².